The number of aliphatic hydroxyl groups excluding tert-OH is 1. The summed E-state index contributed by atoms with van der Waals surface area (Å²) in [4.78, 5) is 23.1. The maximum absolute atomic E-state index is 12.0. The second-order valence-electron chi connectivity index (χ2n) is 7.16. The zero-order valence-corrected chi connectivity index (χ0v) is 14.7. The molecule has 1 aliphatic rings. The molecule has 0 radical (unpaired) electrons. The number of carbonyl (C=O) groups excluding carboxylic acids is 2. The number of hydrogen-bond acceptors (Lipinski definition) is 3. The molecule has 0 aliphatic heterocycles. The Hall–Kier alpha value is -1.10. The number of aliphatic hydroxyl groups is 1. The van der Waals surface area contributed by atoms with Gasteiger partial charge >= 0.3 is 0 Å². The summed E-state index contributed by atoms with van der Waals surface area (Å²) in [5.74, 6) is -0.131. The van der Waals surface area contributed by atoms with Crippen molar-refractivity contribution in [2.75, 3.05) is 7.05 Å². The van der Waals surface area contributed by atoms with E-state index in [0.29, 0.717) is 19.3 Å². The average molecular weight is 326 g/mol. The number of amides is 2. The first-order valence-electron chi connectivity index (χ1n) is 9.13. The first-order valence-corrected chi connectivity index (χ1v) is 9.13. The highest BCUT2D eigenvalue weighted by Gasteiger charge is 2.23. The van der Waals surface area contributed by atoms with Crippen LogP contribution in [0.5, 0.6) is 0 Å². The van der Waals surface area contributed by atoms with Crippen LogP contribution in [-0.2, 0) is 9.59 Å². The van der Waals surface area contributed by atoms with Crippen LogP contribution in [0.4, 0.5) is 0 Å². The second kappa shape index (κ2) is 10.6. The number of nitrogens with one attached hydrogen (secondary N) is 1. The van der Waals surface area contributed by atoms with Gasteiger partial charge in [0.2, 0.25) is 11.8 Å². The molecule has 1 aliphatic carbocycles. The van der Waals surface area contributed by atoms with Gasteiger partial charge in [0.15, 0.2) is 0 Å². The van der Waals surface area contributed by atoms with Crippen LogP contribution in [0.25, 0.3) is 0 Å². The van der Waals surface area contributed by atoms with Crippen molar-refractivity contribution in [2.45, 2.75) is 77.2 Å². The van der Waals surface area contributed by atoms with E-state index in [-0.39, 0.29) is 23.7 Å². The van der Waals surface area contributed by atoms with E-state index in [1.54, 1.807) is 14.0 Å². The molecule has 0 heterocycles. The topological polar surface area (TPSA) is 92.4 Å². The van der Waals surface area contributed by atoms with Crippen LogP contribution >= 0.6 is 0 Å². The Morgan fingerprint density at radius 2 is 1.83 bits per heavy atom. The maximum atomic E-state index is 12.0. The summed E-state index contributed by atoms with van der Waals surface area (Å²) in [6.45, 7) is 1.78. The largest absolute Gasteiger partial charge is 0.393 e. The summed E-state index contributed by atoms with van der Waals surface area (Å²) in [6, 6.07) is 0. The second-order valence-corrected chi connectivity index (χ2v) is 7.16. The Labute approximate surface area is 140 Å². The van der Waals surface area contributed by atoms with E-state index in [0.717, 1.165) is 18.8 Å². The highest BCUT2D eigenvalue weighted by atomic mass is 16.3. The Morgan fingerprint density at radius 1 is 1.17 bits per heavy atom. The van der Waals surface area contributed by atoms with E-state index >= 15 is 0 Å². The van der Waals surface area contributed by atoms with Gasteiger partial charge in [-0.15, -0.1) is 0 Å². The van der Waals surface area contributed by atoms with E-state index < -0.39 is 6.10 Å². The minimum atomic E-state index is -0.442. The first kappa shape index (κ1) is 19.9. The number of primary amides is 1. The molecule has 2 amide bonds. The van der Waals surface area contributed by atoms with Crippen LogP contribution in [0.2, 0.25) is 0 Å². The van der Waals surface area contributed by atoms with Crippen LogP contribution < -0.4 is 11.1 Å². The van der Waals surface area contributed by atoms with Gasteiger partial charge in [0, 0.05) is 18.9 Å². The van der Waals surface area contributed by atoms with Crippen LogP contribution in [0.15, 0.2) is 0 Å². The van der Waals surface area contributed by atoms with Gasteiger partial charge in [-0.2, -0.15) is 0 Å². The monoisotopic (exact) mass is 326 g/mol. The molecule has 1 rings (SSSR count). The Morgan fingerprint density at radius 3 is 2.39 bits per heavy atom. The third-order valence-electron chi connectivity index (χ3n) is 5.24. The molecule has 4 N–H and O–H groups in total. The molecule has 1 unspecified atom stereocenters. The maximum Gasteiger partial charge on any atom is 0.222 e. The highest BCUT2D eigenvalue weighted by Crippen LogP contribution is 2.29. The van der Waals surface area contributed by atoms with E-state index in [1.165, 1.54) is 32.1 Å². The van der Waals surface area contributed by atoms with E-state index in [9.17, 15) is 14.7 Å². The van der Waals surface area contributed by atoms with Crippen molar-refractivity contribution >= 4 is 11.8 Å². The molecule has 0 aromatic carbocycles. The normalized spacial score (nSPS) is 19.8. The summed E-state index contributed by atoms with van der Waals surface area (Å²) < 4.78 is 0. The fourth-order valence-corrected chi connectivity index (χ4v) is 3.50. The average Bonchev–Trinajstić information content (AvgIpc) is 2.56. The molecule has 5 nitrogen and oxygen atoms in total. The van der Waals surface area contributed by atoms with Gasteiger partial charge in [-0.25, -0.2) is 0 Å². The van der Waals surface area contributed by atoms with Crippen molar-refractivity contribution in [3.63, 3.8) is 0 Å². The molecule has 3 atom stereocenters. The fourth-order valence-electron chi connectivity index (χ4n) is 3.50. The van der Waals surface area contributed by atoms with Crippen molar-refractivity contribution in [2.24, 2.45) is 23.5 Å². The molecular formula is C18H34N2O3. The predicted molar refractivity (Wildman–Crippen MR) is 91.6 cm³/mol. The molecular weight excluding hydrogens is 292 g/mol. The molecule has 0 spiro atoms. The minimum absolute atomic E-state index is 0.0570. The summed E-state index contributed by atoms with van der Waals surface area (Å²) in [5, 5.41) is 13.0. The van der Waals surface area contributed by atoms with Gasteiger partial charge in [-0.3, -0.25) is 9.59 Å². The van der Waals surface area contributed by atoms with Crippen LogP contribution in [0, 0.1) is 17.8 Å². The molecule has 0 aromatic rings. The molecule has 0 aromatic heterocycles. The molecule has 0 bridgehead atoms. The van der Waals surface area contributed by atoms with Crippen molar-refractivity contribution in [1.82, 2.24) is 5.32 Å². The molecule has 134 valence electrons. The van der Waals surface area contributed by atoms with Crippen LogP contribution in [-0.4, -0.2) is 30.1 Å². The summed E-state index contributed by atoms with van der Waals surface area (Å²) in [5.41, 5.74) is 5.27. The lowest BCUT2D eigenvalue weighted by Gasteiger charge is -2.24. The molecule has 1 saturated carbocycles. The standard InChI is InChI=1S/C18H34N2O3/c1-13(17(19)22)8-10-15(18(23)20-2)12-16(21)11-9-14-6-4-3-5-7-14/h13-16,21H,3-12H2,1-2H3,(H2,19,22)(H,20,23)/t13?,15-,16+/m1/s1. The Kier molecular flexibility index (Phi) is 9.22. The lowest BCUT2D eigenvalue weighted by Crippen LogP contribution is -2.31. The van der Waals surface area contributed by atoms with Gasteiger partial charge in [0.1, 0.15) is 0 Å². The van der Waals surface area contributed by atoms with Crippen molar-refractivity contribution in [3.05, 3.63) is 0 Å². The van der Waals surface area contributed by atoms with E-state index in [1.807, 2.05) is 0 Å². The van der Waals surface area contributed by atoms with Gasteiger partial charge in [0.05, 0.1) is 6.10 Å². The zero-order valence-electron chi connectivity index (χ0n) is 14.7. The third-order valence-corrected chi connectivity index (χ3v) is 5.24. The quantitative estimate of drug-likeness (QED) is 0.575. The van der Waals surface area contributed by atoms with E-state index in [4.69, 9.17) is 5.73 Å². The number of carbonyl (C=O) groups is 2. The highest BCUT2D eigenvalue weighted by molar-refractivity contribution is 5.79. The number of rotatable bonds is 10. The van der Waals surface area contributed by atoms with Crippen molar-refractivity contribution in [1.29, 1.82) is 0 Å². The van der Waals surface area contributed by atoms with E-state index in [2.05, 4.69) is 5.32 Å². The lowest BCUT2D eigenvalue weighted by molar-refractivity contribution is -0.127. The van der Waals surface area contributed by atoms with Crippen molar-refractivity contribution < 1.29 is 14.7 Å². The van der Waals surface area contributed by atoms with Crippen LogP contribution in [0.1, 0.15) is 71.1 Å². The summed E-state index contributed by atoms with van der Waals surface area (Å²) in [7, 11) is 1.61. The summed E-state index contributed by atoms with van der Waals surface area (Å²) >= 11 is 0. The number of hydrogen-bond donors (Lipinski definition) is 3. The third kappa shape index (κ3) is 7.82. The van der Waals surface area contributed by atoms with Gasteiger partial charge < -0.3 is 16.2 Å². The Bertz CT molecular complexity index is 367. The molecule has 5 heteroatoms. The molecule has 0 saturated heterocycles. The lowest BCUT2D eigenvalue weighted by atomic mass is 9.84. The number of nitrogens with two attached hydrogens (primary N) is 1. The molecule has 1 fully saturated rings. The van der Waals surface area contributed by atoms with Crippen LogP contribution in [0.3, 0.4) is 0 Å². The van der Waals surface area contributed by atoms with Gasteiger partial charge in [0.25, 0.3) is 0 Å². The van der Waals surface area contributed by atoms with Crippen molar-refractivity contribution in [3.8, 4) is 0 Å². The SMILES string of the molecule is CNC(=O)[C@H](CCC(C)C(N)=O)C[C@@H](O)CCC1CCCCC1. The predicted octanol–water partition coefficient (Wildman–Crippen LogP) is 2.36. The Balaban J connectivity index is 2.38. The minimum Gasteiger partial charge on any atom is -0.393 e. The zero-order chi connectivity index (χ0) is 17.2. The smallest absolute Gasteiger partial charge is 0.222 e. The van der Waals surface area contributed by atoms with Gasteiger partial charge in [-0.1, -0.05) is 39.0 Å². The fraction of sp³-hybridized carbons (Fsp3) is 0.889. The summed E-state index contributed by atoms with van der Waals surface area (Å²) in [6.07, 6.45) is 9.55. The van der Waals surface area contributed by atoms with Gasteiger partial charge in [-0.05, 0) is 38.0 Å². The first-order chi connectivity index (χ1) is 10.9. The molecule has 23 heavy (non-hydrogen) atoms.